The first-order chi connectivity index (χ1) is 9.72. The van der Waals surface area contributed by atoms with E-state index in [4.69, 9.17) is 4.74 Å². The van der Waals surface area contributed by atoms with Crippen LogP contribution in [0.4, 0.5) is 0 Å². The average Bonchev–Trinajstić information content (AvgIpc) is 2.39. The molecule has 0 aliphatic carbocycles. The zero-order chi connectivity index (χ0) is 16.5. The number of unbranched alkanes of at least 4 members (excludes halogenated alkanes) is 4. The molecule has 0 aromatic carbocycles. The van der Waals surface area contributed by atoms with Crippen molar-refractivity contribution in [3.63, 3.8) is 0 Å². The molecule has 0 radical (unpaired) electrons. The molecule has 1 nitrogen and oxygen atoms in total. The van der Waals surface area contributed by atoms with Crippen LogP contribution < -0.4 is 0 Å². The van der Waals surface area contributed by atoms with E-state index in [2.05, 4.69) is 55.4 Å². The minimum Gasteiger partial charge on any atom is -0.369 e. The van der Waals surface area contributed by atoms with Crippen molar-refractivity contribution >= 4 is 0 Å². The molecule has 0 heterocycles. The summed E-state index contributed by atoms with van der Waals surface area (Å²) in [5.41, 5.74) is 0.0286. The minimum atomic E-state index is 0.0143. The first-order valence-corrected chi connectivity index (χ1v) is 9.42. The summed E-state index contributed by atoms with van der Waals surface area (Å²) in [6, 6.07) is 0. The lowest BCUT2D eigenvalue weighted by molar-refractivity contribution is -0.187. The zero-order valence-corrected chi connectivity index (χ0v) is 16.2. The molecule has 0 aromatic rings. The SMILES string of the molecule is CCCCCC(C)(OC(C)(CCCCC)C(C)C)C(C)C. The quantitative estimate of drug-likeness (QED) is 0.353. The Hall–Kier alpha value is -0.0400. The fraction of sp³-hybridized carbons (Fsp3) is 1.00. The van der Waals surface area contributed by atoms with Gasteiger partial charge in [-0.1, -0.05) is 80.1 Å². The van der Waals surface area contributed by atoms with Crippen LogP contribution >= 0.6 is 0 Å². The number of ether oxygens (including phenoxy) is 1. The third-order valence-corrected chi connectivity index (χ3v) is 5.46. The molecule has 1 heteroatoms. The Kier molecular flexibility index (Phi) is 9.85. The summed E-state index contributed by atoms with van der Waals surface area (Å²) in [7, 11) is 0. The highest BCUT2D eigenvalue weighted by atomic mass is 16.5. The number of rotatable bonds is 12. The summed E-state index contributed by atoms with van der Waals surface area (Å²) < 4.78 is 6.84. The van der Waals surface area contributed by atoms with Crippen LogP contribution in [-0.4, -0.2) is 11.2 Å². The lowest BCUT2D eigenvalue weighted by atomic mass is 9.82. The van der Waals surface area contributed by atoms with E-state index < -0.39 is 0 Å². The summed E-state index contributed by atoms with van der Waals surface area (Å²) >= 11 is 0. The highest BCUT2D eigenvalue weighted by Crippen LogP contribution is 2.38. The lowest BCUT2D eigenvalue weighted by Crippen LogP contribution is -2.47. The molecule has 0 saturated heterocycles. The average molecular weight is 299 g/mol. The molecule has 0 aromatic heterocycles. The lowest BCUT2D eigenvalue weighted by Gasteiger charge is -2.45. The Morgan fingerprint density at radius 2 is 1.00 bits per heavy atom. The van der Waals surface area contributed by atoms with Gasteiger partial charge in [-0.25, -0.2) is 0 Å². The third kappa shape index (κ3) is 7.17. The highest BCUT2D eigenvalue weighted by molar-refractivity contribution is 4.88. The smallest absolute Gasteiger partial charge is 0.0684 e. The van der Waals surface area contributed by atoms with E-state index in [9.17, 15) is 0 Å². The predicted molar refractivity (Wildman–Crippen MR) is 95.9 cm³/mol. The van der Waals surface area contributed by atoms with Gasteiger partial charge in [-0.15, -0.1) is 0 Å². The number of hydrogen-bond donors (Lipinski definition) is 0. The fourth-order valence-electron chi connectivity index (χ4n) is 2.90. The second kappa shape index (κ2) is 9.87. The van der Waals surface area contributed by atoms with Crippen molar-refractivity contribution in [2.75, 3.05) is 0 Å². The van der Waals surface area contributed by atoms with Gasteiger partial charge in [0.25, 0.3) is 0 Å². The summed E-state index contributed by atoms with van der Waals surface area (Å²) in [5, 5.41) is 0. The van der Waals surface area contributed by atoms with E-state index in [1.54, 1.807) is 0 Å². The van der Waals surface area contributed by atoms with E-state index >= 15 is 0 Å². The Balaban J connectivity index is 4.87. The maximum Gasteiger partial charge on any atom is 0.0684 e. The Labute approximate surface area is 135 Å². The molecule has 0 saturated carbocycles. The number of hydrogen-bond acceptors (Lipinski definition) is 1. The standard InChI is InChI=1S/C20H42O/c1-9-11-13-15-19(7,17(3)4)21-20(8,18(5)6)16-14-12-10-2/h17-18H,9-16H2,1-8H3. The van der Waals surface area contributed by atoms with Gasteiger partial charge in [0.15, 0.2) is 0 Å². The molecule has 2 unspecified atom stereocenters. The van der Waals surface area contributed by atoms with E-state index in [0.29, 0.717) is 11.8 Å². The molecule has 0 amide bonds. The van der Waals surface area contributed by atoms with Gasteiger partial charge in [0.05, 0.1) is 11.2 Å². The first-order valence-electron chi connectivity index (χ1n) is 9.42. The van der Waals surface area contributed by atoms with Crippen molar-refractivity contribution in [3.8, 4) is 0 Å². The zero-order valence-electron chi connectivity index (χ0n) is 16.2. The minimum absolute atomic E-state index is 0.0143. The van der Waals surface area contributed by atoms with Gasteiger partial charge in [-0.3, -0.25) is 0 Å². The van der Waals surface area contributed by atoms with E-state index in [-0.39, 0.29) is 11.2 Å². The molecular weight excluding hydrogens is 256 g/mol. The van der Waals surface area contributed by atoms with Crippen molar-refractivity contribution in [3.05, 3.63) is 0 Å². The molecule has 0 bridgehead atoms. The second-order valence-electron chi connectivity index (χ2n) is 7.95. The van der Waals surface area contributed by atoms with Crippen molar-refractivity contribution in [2.45, 2.75) is 118 Å². The highest BCUT2D eigenvalue weighted by Gasteiger charge is 2.39. The monoisotopic (exact) mass is 298 g/mol. The molecule has 0 spiro atoms. The van der Waals surface area contributed by atoms with Gasteiger partial charge in [0, 0.05) is 0 Å². The van der Waals surface area contributed by atoms with E-state index in [0.717, 1.165) is 0 Å². The van der Waals surface area contributed by atoms with Crippen LogP contribution in [0.3, 0.4) is 0 Å². The normalized spacial score (nSPS) is 18.0. The summed E-state index contributed by atoms with van der Waals surface area (Å²) in [6.07, 6.45) is 10.2. The van der Waals surface area contributed by atoms with Crippen molar-refractivity contribution in [1.82, 2.24) is 0 Å². The fourth-order valence-corrected chi connectivity index (χ4v) is 2.90. The molecule has 0 fully saturated rings. The summed E-state index contributed by atoms with van der Waals surface area (Å²) in [6.45, 7) is 18.5. The third-order valence-electron chi connectivity index (χ3n) is 5.46. The molecular formula is C20H42O. The predicted octanol–water partition coefficient (Wildman–Crippen LogP) is 6.99. The largest absolute Gasteiger partial charge is 0.369 e. The second-order valence-corrected chi connectivity index (χ2v) is 7.95. The molecule has 0 N–H and O–H groups in total. The van der Waals surface area contributed by atoms with Crippen LogP contribution in [0.25, 0.3) is 0 Å². The van der Waals surface area contributed by atoms with Crippen molar-refractivity contribution in [2.24, 2.45) is 11.8 Å². The summed E-state index contributed by atoms with van der Waals surface area (Å²) in [4.78, 5) is 0. The molecule has 128 valence electrons. The van der Waals surface area contributed by atoms with Gasteiger partial charge in [-0.05, 0) is 38.5 Å². The van der Waals surface area contributed by atoms with Crippen LogP contribution in [0.1, 0.15) is 107 Å². The topological polar surface area (TPSA) is 9.23 Å². The maximum atomic E-state index is 6.84. The summed E-state index contributed by atoms with van der Waals surface area (Å²) in [5.74, 6) is 1.14. The van der Waals surface area contributed by atoms with Crippen LogP contribution in [0.15, 0.2) is 0 Å². The van der Waals surface area contributed by atoms with Gasteiger partial charge < -0.3 is 4.74 Å². The van der Waals surface area contributed by atoms with Crippen LogP contribution in [-0.2, 0) is 4.74 Å². The van der Waals surface area contributed by atoms with Crippen LogP contribution in [0, 0.1) is 11.8 Å². The molecule has 21 heavy (non-hydrogen) atoms. The Bertz CT molecular complexity index is 233. The van der Waals surface area contributed by atoms with Crippen molar-refractivity contribution < 1.29 is 4.74 Å². The van der Waals surface area contributed by atoms with Crippen molar-refractivity contribution in [1.29, 1.82) is 0 Å². The van der Waals surface area contributed by atoms with Gasteiger partial charge in [-0.2, -0.15) is 0 Å². The van der Waals surface area contributed by atoms with E-state index in [1.807, 2.05) is 0 Å². The molecule has 2 atom stereocenters. The Morgan fingerprint density at radius 1 is 0.667 bits per heavy atom. The molecule has 0 aliphatic rings. The maximum absolute atomic E-state index is 6.84. The first kappa shape index (κ1) is 21.0. The van der Waals surface area contributed by atoms with Gasteiger partial charge in [0.1, 0.15) is 0 Å². The van der Waals surface area contributed by atoms with Crippen LogP contribution in [0.5, 0.6) is 0 Å². The van der Waals surface area contributed by atoms with E-state index in [1.165, 1.54) is 51.4 Å². The van der Waals surface area contributed by atoms with Crippen LogP contribution in [0.2, 0.25) is 0 Å². The Morgan fingerprint density at radius 3 is 1.24 bits per heavy atom. The van der Waals surface area contributed by atoms with Gasteiger partial charge >= 0.3 is 0 Å². The molecule has 0 aliphatic heterocycles. The van der Waals surface area contributed by atoms with Gasteiger partial charge in [0.2, 0.25) is 0 Å². The molecule has 0 rings (SSSR count).